The molecule has 1 aliphatic heterocycles. The summed E-state index contributed by atoms with van der Waals surface area (Å²) in [6, 6.07) is 10.0. The Labute approximate surface area is 124 Å². The smallest absolute Gasteiger partial charge is 0.223 e. The third-order valence-corrected chi connectivity index (χ3v) is 3.85. The number of carbonyl (C=O) groups is 1. The number of benzene rings is 1. The molecule has 2 aromatic rings. The Bertz CT molecular complexity index is 587. The lowest BCUT2D eigenvalue weighted by atomic mass is 9.97. The van der Waals surface area contributed by atoms with Crippen molar-refractivity contribution in [3.63, 3.8) is 0 Å². The van der Waals surface area contributed by atoms with Crippen molar-refractivity contribution in [3.05, 3.63) is 42.4 Å². The van der Waals surface area contributed by atoms with Gasteiger partial charge >= 0.3 is 0 Å². The number of imidazole rings is 1. The maximum atomic E-state index is 12.1. The van der Waals surface area contributed by atoms with Crippen molar-refractivity contribution in [1.82, 2.24) is 20.6 Å². The fraction of sp³-hybridized carbons (Fsp3) is 0.375. The van der Waals surface area contributed by atoms with Crippen molar-refractivity contribution in [2.75, 3.05) is 13.1 Å². The molecule has 1 aromatic carbocycles. The fourth-order valence-corrected chi connectivity index (χ4v) is 2.62. The standard InChI is InChI=1S/C16H20N4O/c21-16(13-6-8-17-9-7-13)19-11-15-18-10-14(20-15)12-4-2-1-3-5-12/h1-5,10,13,17H,6-9,11H2,(H,18,20)(H,19,21). The van der Waals surface area contributed by atoms with Gasteiger partial charge in [-0.15, -0.1) is 0 Å². The van der Waals surface area contributed by atoms with Crippen molar-refractivity contribution >= 4 is 5.91 Å². The molecule has 0 aliphatic carbocycles. The minimum atomic E-state index is 0.133. The SMILES string of the molecule is O=C(NCc1ncc(-c2ccccc2)[nH]1)C1CCNCC1. The first-order chi connectivity index (χ1) is 10.3. The molecular formula is C16H20N4O. The Morgan fingerprint density at radius 2 is 2.00 bits per heavy atom. The van der Waals surface area contributed by atoms with Gasteiger partial charge in [0, 0.05) is 5.92 Å². The lowest BCUT2D eigenvalue weighted by Crippen LogP contribution is -2.38. The van der Waals surface area contributed by atoms with Gasteiger partial charge in [0.05, 0.1) is 18.4 Å². The number of nitrogens with zero attached hydrogens (tertiary/aromatic N) is 1. The molecule has 1 saturated heterocycles. The molecule has 110 valence electrons. The van der Waals surface area contributed by atoms with Crippen LogP contribution in [-0.4, -0.2) is 29.0 Å². The maximum Gasteiger partial charge on any atom is 0.223 e. The highest BCUT2D eigenvalue weighted by Crippen LogP contribution is 2.16. The predicted molar refractivity (Wildman–Crippen MR) is 81.5 cm³/mol. The zero-order valence-corrected chi connectivity index (χ0v) is 11.9. The number of aromatic amines is 1. The molecule has 21 heavy (non-hydrogen) atoms. The zero-order valence-electron chi connectivity index (χ0n) is 11.9. The summed E-state index contributed by atoms with van der Waals surface area (Å²) >= 11 is 0. The van der Waals surface area contributed by atoms with Gasteiger partial charge in [0.25, 0.3) is 0 Å². The van der Waals surface area contributed by atoms with Gasteiger partial charge < -0.3 is 15.6 Å². The molecule has 1 fully saturated rings. The average Bonchev–Trinajstić information content (AvgIpc) is 3.03. The Morgan fingerprint density at radius 3 is 2.76 bits per heavy atom. The molecule has 1 aliphatic rings. The van der Waals surface area contributed by atoms with E-state index in [1.165, 1.54) is 0 Å². The molecule has 0 atom stereocenters. The van der Waals surface area contributed by atoms with Crippen molar-refractivity contribution in [2.24, 2.45) is 5.92 Å². The zero-order chi connectivity index (χ0) is 14.5. The van der Waals surface area contributed by atoms with E-state index in [4.69, 9.17) is 0 Å². The van der Waals surface area contributed by atoms with E-state index in [0.717, 1.165) is 43.0 Å². The van der Waals surface area contributed by atoms with Crippen LogP contribution in [0.15, 0.2) is 36.5 Å². The van der Waals surface area contributed by atoms with E-state index >= 15 is 0 Å². The van der Waals surface area contributed by atoms with E-state index in [9.17, 15) is 4.79 Å². The topological polar surface area (TPSA) is 69.8 Å². The second kappa shape index (κ2) is 6.54. The third kappa shape index (κ3) is 3.49. The summed E-state index contributed by atoms with van der Waals surface area (Å²) in [5, 5.41) is 6.24. The maximum absolute atomic E-state index is 12.1. The number of rotatable bonds is 4. The van der Waals surface area contributed by atoms with Crippen LogP contribution in [0.1, 0.15) is 18.7 Å². The number of piperidine rings is 1. The number of hydrogen-bond donors (Lipinski definition) is 3. The number of H-pyrrole nitrogens is 1. The molecule has 3 N–H and O–H groups in total. The van der Waals surface area contributed by atoms with E-state index < -0.39 is 0 Å². The van der Waals surface area contributed by atoms with Gasteiger partial charge in [-0.25, -0.2) is 4.98 Å². The molecule has 0 radical (unpaired) electrons. The number of aromatic nitrogens is 2. The lowest BCUT2D eigenvalue weighted by Gasteiger charge is -2.21. The predicted octanol–water partition coefficient (Wildman–Crippen LogP) is 1.69. The molecule has 2 heterocycles. The molecule has 3 rings (SSSR count). The van der Waals surface area contributed by atoms with Crippen LogP contribution in [0.4, 0.5) is 0 Å². The van der Waals surface area contributed by atoms with Gasteiger partial charge in [0.2, 0.25) is 5.91 Å². The lowest BCUT2D eigenvalue weighted by molar-refractivity contribution is -0.125. The molecule has 0 bridgehead atoms. The van der Waals surface area contributed by atoms with Crippen molar-refractivity contribution in [2.45, 2.75) is 19.4 Å². The third-order valence-electron chi connectivity index (χ3n) is 3.85. The van der Waals surface area contributed by atoms with Crippen molar-refractivity contribution < 1.29 is 4.79 Å². The highest BCUT2D eigenvalue weighted by Gasteiger charge is 2.20. The van der Waals surface area contributed by atoms with Crippen LogP contribution in [0, 0.1) is 5.92 Å². The van der Waals surface area contributed by atoms with Crippen LogP contribution < -0.4 is 10.6 Å². The Kier molecular flexibility index (Phi) is 4.31. The Hall–Kier alpha value is -2.14. The first kappa shape index (κ1) is 13.8. The van der Waals surface area contributed by atoms with Gasteiger partial charge in [-0.05, 0) is 31.5 Å². The van der Waals surface area contributed by atoms with Crippen LogP contribution in [-0.2, 0) is 11.3 Å². The first-order valence-corrected chi connectivity index (χ1v) is 7.40. The molecule has 5 nitrogen and oxygen atoms in total. The van der Waals surface area contributed by atoms with E-state index in [0.29, 0.717) is 6.54 Å². The van der Waals surface area contributed by atoms with E-state index in [1.54, 1.807) is 6.20 Å². The van der Waals surface area contributed by atoms with E-state index in [2.05, 4.69) is 20.6 Å². The molecule has 0 saturated carbocycles. The molecule has 0 unspecified atom stereocenters. The second-order valence-corrected chi connectivity index (χ2v) is 5.35. The van der Waals surface area contributed by atoms with Gasteiger partial charge in [0.1, 0.15) is 5.82 Å². The summed E-state index contributed by atoms with van der Waals surface area (Å²) < 4.78 is 0. The minimum Gasteiger partial charge on any atom is -0.349 e. The van der Waals surface area contributed by atoms with Crippen LogP contribution in [0.25, 0.3) is 11.3 Å². The summed E-state index contributed by atoms with van der Waals surface area (Å²) in [5.41, 5.74) is 2.07. The second-order valence-electron chi connectivity index (χ2n) is 5.35. The summed E-state index contributed by atoms with van der Waals surface area (Å²) in [5.74, 6) is 1.06. The largest absolute Gasteiger partial charge is 0.349 e. The van der Waals surface area contributed by atoms with Crippen molar-refractivity contribution in [3.8, 4) is 11.3 Å². The summed E-state index contributed by atoms with van der Waals surface area (Å²) in [4.78, 5) is 19.6. The Balaban J connectivity index is 1.56. The molecule has 5 heteroatoms. The number of nitrogens with one attached hydrogen (secondary N) is 3. The van der Waals surface area contributed by atoms with E-state index in [1.807, 2.05) is 30.3 Å². The number of hydrogen-bond acceptors (Lipinski definition) is 3. The van der Waals surface area contributed by atoms with E-state index in [-0.39, 0.29) is 11.8 Å². The Morgan fingerprint density at radius 1 is 1.24 bits per heavy atom. The van der Waals surface area contributed by atoms with Crippen LogP contribution >= 0.6 is 0 Å². The highest BCUT2D eigenvalue weighted by molar-refractivity contribution is 5.78. The van der Waals surface area contributed by atoms with Gasteiger partial charge in [-0.3, -0.25) is 4.79 Å². The number of carbonyl (C=O) groups excluding carboxylic acids is 1. The first-order valence-electron chi connectivity index (χ1n) is 7.40. The van der Waals surface area contributed by atoms with Crippen molar-refractivity contribution in [1.29, 1.82) is 0 Å². The molecule has 1 aromatic heterocycles. The van der Waals surface area contributed by atoms with Gasteiger partial charge in [-0.2, -0.15) is 0 Å². The van der Waals surface area contributed by atoms with Crippen LogP contribution in [0.2, 0.25) is 0 Å². The normalized spacial score (nSPS) is 15.8. The van der Waals surface area contributed by atoms with Gasteiger partial charge in [0.15, 0.2) is 0 Å². The number of amides is 1. The fourth-order valence-electron chi connectivity index (χ4n) is 2.62. The highest BCUT2D eigenvalue weighted by atomic mass is 16.1. The monoisotopic (exact) mass is 284 g/mol. The van der Waals surface area contributed by atoms with Gasteiger partial charge in [-0.1, -0.05) is 30.3 Å². The molecule has 1 amide bonds. The molecular weight excluding hydrogens is 264 g/mol. The minimum absolute atomic E-state index is 0.133. The molecule has 0 spiro atoms. The quantitative estimate of drug-likeness (QED) is 0.800. The van der Waals surface area contributed by atoms with Crippen LogP contribution in [0.5, 0.6) is 0 Å². The summed E-state index contributed by atoms with van der Waals surface area (Å²) in [6.45, 7) is 2.31. The average molecular weight is 284 g/mol. The summed E-state index contributed by atoms with van der Waals surface area (Å²) in [6.07, 6.45) is 3.64. The summed E-state index contributed by atoms with van der Waals surface area (Å²) in [7, 11) is 0. The van der Waals surface area contributed by atoms with Crippen LogP contribution in [0.3, 0.4) is 0 Å².